The Morgan fingerprint density at radius 3 is 2.05 bits per heavy atom. The van der Waals surface area contributed by atoms with E-state index in [1.54, 1.807) is 44.8 Å². The summed E-state index contributed by atoms with van der Waals surface area (Å²) in [6.45, 7) is 0. The van der Waals surface area contributed by atoms with Gasteiger partial charge in [0.05, 0.1) is 31.2 Å². The molecule has 188 valence electrons. The van der Waals surface area contributed by atoms with Gasteiger partial charge in [-0.2, -0.15) is 0 Å². The molecule has 0 amide bonds. The van der Waals surface area contributed by atoms with Crippen molar-refractivity contribution in [2.45, 2.75) is 0 Å². The molecule has 0 spiro atoms. The highest BCUT2D eigenvalue weighted by Gasteiger charge is 2.21. The second kappa shape index (κ2) is 11.1. The van der Waals surface area contributed by atoms with Gasteiger partial charge in [-0.15, -0.1) is 11.3 Å². The molecule has 0 bridgehead atoms. The zero-order valence-corrected chi connectivity index (χ0v) is 21.6. The summed E-state index contributed by atoms with van der Waals surface area (Å²) in [7, 11) is 3.10. The lowest BCUT2D eigenvalue weighted by atomic mass is 9.97. The van der Waals surface area contributed by atoms with Crippen LogP contribution in [0.4, 0.5) is 5.69 Å². The van der Waals surface area contributed by atoms with Crippen LogP contribution in [0.25, 0.3) is 21.6 Å². The highest BCUT2D eigenvalue weighted by Crippen LogP contribution is 2.39. The van der Waals surface area contributed by atoms with Gasteiger partial charge < -0.3 is 14.6 Å². The van der Waals surface area contributed by atoms with Crippen LogP contribution >= 0.6 is 11.3 Å². The van der Waals surface area contributed by atoms with E-state index >= 15 is 0 Å². The summed E-state index contributed by atoms with van der Waals surface area (Å²) < 4.78 is 10.7. The van der Waals surface area contributed by atoms with Crippen LogP contribution < -0.4 is 9.47 Å². The van der Waals surface area contributed by atoms with Crippen molar-refractivity contribution in [3.8, 4) is 33.1 Å². The maximum Gasteiger partial charge on any atom is 0.337 e. The number of aromatic nitrogens is 1. The third kappa shape index (κ3) is 5.05. The normalized spacial score (nSPS) is 10.6. The Morgan fingerprint density at radius 1 is 0.816 bits per heavy atom. The van der Waals surface area contributed by atoms with Gasteiger partial charge >= 0.3 is 5.97 Å². The SMILES string of the molecule is COc1ccc(-c2cncc(-c3cc(N=C(c4ccccc4)c4ccccc4)cs3)c2C(=O)O)cc1OC. The molecule has 0 atom stereocenters. The summed E-state index contributed by atoms with van der Waals surface area (Å²) in [5, 5.41) is 12.2. The first-order valence-electron chi connectivity index (χ1n) is 11.8. The second-order valence-electron chi connectivity index (χ2n) is 8.35. The molecule has 0 saturated heterocycles. The predicted molar refractivity (Wildman–Crippen MR) is 151 cm³/mol. The molecule has 2 heterocycles. The van der Waals surface area contributed by atoms with E-state index in [0.29, 0.717) is 28.2 Å². The van der Waals surface area contributed by atoms with Crippen LogP contribution in [0.5, 0.6) is 11.5 Å². The summed E-state index contributed by atoms with van der Waals surface area (Å²) in [6.07, 6.45) is 3.14. The first-order chi connectivity index (χ1) is 18.6. The van der Waals surface area contributed by atoms with Gasteiger partial charge in [0, 0.05) is 44.9 Å². The molecule has 0 fully saturated rings. The Labute approximate surface area is 224 Å². The number of benzene rings is 3. The van der Waals surface area contributed by atoms with Crippen LogP contribution in [-0.4, -0.2) is 36.0 Å². The second-order valence-corrected chi connectivity index (χ2v) is 9.26. The lowest BCUT2D eigenvalue weighted by molar-refractivity contribution is 0.0698. The van der Waals surface area contributed by atoms with E-state index in [-0.39, 0.29) is 5.56 Å². The quantitative estimate of drug-likeness (QED) is 0.216. The number of carboxylic acids is 1. The van der Waals surface area contributed by atoms with Gasteiger partial charge in [-0.1, -0.05) is 66.7 Å². The Bertz CT molecular complexity index is 1570. The average Bonchev–Trinajstić information content (AvgIpc) is 3.44. The Kier molecular flexibility index (Phi) is 7.28. The van der Waals surface area contributed by atoms with E-state index in [1.807, 2.05) is 72.1 Å². The van der Waals surface area contributed by atoms with Gasteiger partial charge in [0.1, 0.15) is 0 Å². The van der Waals surface area contributed by atoms with Gasteiger partial charge in [0.25, 0.3) is 0 Å². The van der Waals surface area contributed by atoms with E-state index < -0.39 is 5.97 Å². The van der Waals surface area contributed by atoms with Crippen molar-refractivity contribution in [1.29, 1.82) is 0 Å². The molecule has 0 aliphatic rings. The Morgan fingerprint density at radius 2 is 1.45 bits per heavy atom. The van der Waals surface area contributed by atoms with Crippen molar-refractivity contribution in [3.05, 3.63) is 119 Å². The summed E-state index contributed by atoms with van der Waals surface area (Å²) in [5.74, 6) is 0.0272. The van der Waals surface area contributed by atoms with Gasteiger partial charge in [0.2, 0.25) is 0 Å². The van der Waals surface area contributed by atoms with Gasteiger partial charge in [-0.25, -0.2) is 9.79 Å². The molecule has 0 saturated carbocycles. The minimum atomic E-state index is -1.04. The average molecular weight is 521 g/mol. The number of methoxy groups -OCH3 is 2. The zero-order valence-electron chi connectivity index (χ0n) is 20.8. The summed E-state index contributed by atoms with van der Waals surface area (Å²) in [6, 6.07) is 27.2. The van der Waals surface area contributed by atoms with Crippen LogP contribution in [0, 0.1) is 0 Å². The van der Waals surface area contributed by atoms with E-state index in [4.69, 9.17) is 14.5 Å². The molecular weight excluding hydrogens is 496 g/mol. The molecule has 3 aromatic carbocycles. The number of carboxylic acid groups (broad SMARTS) is 1. The van der Waals surface area contributed by atoms with Gasteiger partial charge in [-0.05, 0) is 23.8 Å². The first-order valence-corrected chi connectivity index (χ1v) is 12.7. The highest BCUT2D eigenvalue weighted by molar-refractivity contribution is 7.14. The molecule has 7 heteroatoms. The molecular formula is C31H24N2O4S. The summed E-state index contributed by atoms with van der Waals surface area (Å²) in [5.41, 5.74) is 5.41. The number of nitrogens with zero attached hydrogens (tertiary/aromatic N) is 2. The highest BCUT2D eigenvalue weighted by atomic mass is 32.1. The Balaban J connectivity index is 1.60. The van der Waals surface area contributed by atoms with Crippen molar-refractivity contribution >= 4 is 28.7 Å². The minimum Gasteiger partial charge on any atom is -0.493 e. The topological polar surface area (TPSA) is 81.0 Å². The van der Waals surface area contributed by atoms with Crippen molar-refractivity contribution < 1.29 is 19.4 Å². The molecule has 38 heavy (non-hydrogen) atoms. The maximum atomic E-state index is 12.5. The summed E-state index contributed by atoms with van der Waals surface area (Å²) >= 11 is 1.43. The molecule has 0 radical (unpaired) electrons. The number of hydrogen-bond donors (Lipinski definition) is 1. The number of rotatable bonds is 8. The third-order valence-corrected chi connectivity index (χ3v) is 6.99. The fraction of sp³-hybridized carbons (Fsp3) is 0.0645. The smallest absolute Gasteiger partial charge is 0.337 e. The number of carbonyl (C=O) groups is 1. The van der Waals surface area contributed by atoms with Crippen LogP contribution in [0.1, 0.15) is 21.5 Å². The van der Waals surface area contributed by atoms with Crippen LogP contribution in [0.3, 0.4) is 0 Å². The van der Waals surface area contributed by atoms with E-state index in [1.165, 1.54) is 11.3 Å². The molecule has 5 rings (SSSR count). The number of aliphatic imine (C=N–C) groups is 1. The van der Waals surface area contributed by atoms with E-state index in [0.717, 1.165) is 27.4 Å². The molecule has 2 aromatic heterocycles. The number of thiophene rings is 1. The molecule has 0 aliphatic carbocycles. The molecule has 0 unspecified atom stereocenters. The fourth-order valence-electron chi connectivity index (χ4n) is 4.24. The lowest BCUT2D eigenvalue weighted by Crippen LogP contribution is -2.03. The van der Waals surface area contributed by atoms with Gasteiger partial charge in [0.15, 0.2) is 11.5 Å². The van der Waals surface area contributed by atoms with Crippen molar-refractivity contribution in [3.63, 3.8) is 0 Å². The molecule has 5 aromatic rings. The maximum absolute atomic E-state index is 12.5. The fourth-order valence-corrected chi connectivity index (χ4v) is 5.08. The largest absolute Gasteiger partial charge is 0.493 e. The zero-order chi connectivity index (χ0) is 26.5. The standard InChI is InChI=1S/C31H24N2O4S/c1-36-26-14-13-22(15-27(26)37-2)24-17-32-18-25(29(24)31(34)35)28-16-23(19-38-28)33-30(20-9-5-3-6-10-20)21-11-7-4-8-12-21/h3-19H,1-2H3,(H,34,35). The van der Waals surface area contributed by atoms with E-state index in [9.17, 15) is 9.90 Å². The van der Waals surface area contributed by atoms with Crippen LogP contribution in [-0.2, 0) is 0 Å². The third-order valence-electron chi connectivity index (χ3n) is 6.04. The van der Waals surface area contributed by atoms with Crippen LogP contribution in [0.2, 0.25) is 0 Å². The predicted octanol–water partition coefficient (Wildman–Crippen LogP) is 7.36. The Hall–Kier alpha value is -4.75. The van der Waals surface area contributed by atoms with Gasteiger partial charge in [-0.3, -0.25) is 4.98 Å². The number of aromatic carboxylic acids is 1. The van der Waals surface area contributed by atoms with Crippen LogP contribution in [0.15, 0.2) is 108 Å². The number of pyridine rings is 1. The molecule has 0 aliphatic heterocycles. The molecule has 1 N–H and O–H groups in total. The monoisotopic (exact) mass is 520 g/mol. The van der Waals surface area contributed by atoms with Crippen molar-refractivity contribution in [2.24, 2.45) is 4.99 Å². The molecule has 6 nitrogen and oxygen atoms in total. The minimum absolute atomic E-state index is 0.163. The van der Waals surface area contributed by atoms with Crippen molar-refractivity contribution in [2.75, 3.05) is 14.2 Å². The lowest BCUT2D eigenvalue weighted by Gasteiger charge is -2.13. The number of ether oxygens (including phenoxy) is 2. The first kappa shape index (κ1) is 24.9. The van der Waals surface area contributed by atoms with Crippen molar-refractivity contribution in [1.82, 2.24) is 4.98 Å². The number of hydrogen-bond acceptors (Lipinski definition) is 6. The summed E-state index contributed by atoms with van der Waals surface area (Å²) in [4.78, 5) is 22.6. The van der Waals surface area contributed by atoms with E-state index in [2.05, 4.69) is 4.98 Å².